The van der Waals surface area contributed by atoms with Crippen molar-refractivity contribution < 1.29 is 19.1 Å². The van der Waals surface area contributed by atoms with Gasteiger partial charge in [0.1, 0.15) is 11.9 Å². The molecule has 4 nitrogen and oxygen atoms in total. The Morgan fingerprint density at radius 2 is 2.12 bits per heavy atom. The zero-order valence-electron chi connectivity index (χ0n) is 8.33. The average molecular weight is 246 g/mol. The Hall–Kier alpha value is -1.62. The number of nitrogens with one attached hydrogen (secondary N) is 1. The quantitative estimate of drug-likeness (QED) is 0.852. The zero-order valence-corrected chi connectivity index (χ0v) is 9.08. The molecule has 2 N–H and O–H groups in total. The van der Waals surface area contributed by atoms with Gasteiger partial charge >= 0.3 is 5.97 Å². The van der Waals surface area contributed by atoms with Crippen molar-refractivity contribution in [2.75, 3.05) is 0 Å². The van der Waals surface area contributed by atoms with Crippen molar-refractivity contribution in [2.45, 2.75) is 13.0 Å². The number of hydrogen-bond donors (Lipinski definition) is 2. The van der Waals surface area contributed by atoms with Gasteiger partial charge in [0.05, 0.1) is 5.02 Å². The first kappa shape index (κ1) is 12.4. The summed E-state index contributed by atoms with van der Waals surface area (Å²) in [6, 6.07) is 2.39. The number of halogens is 2. The van der Waals surface area contributed by atoms with E-state index in [4.69, 9.17) is 16.7 Å². The normalized spacial score (nSPS) is 11.9. The molecule has 6 heteroatoms. The maximum Gasteiger partial charge on any atom is 0.325 e. The number of carbonyl (C=O) groups is 2. The molecule has 0 saturated heterocycles. The molecule has 0 fully saturated rings. The molecule has 1 aromatic carbocycles. The van der Waals surface area contributed by atoms with Gasteiger partial charge in [-0.15, -0.1) is 0 Å². The second kappa shape index (κ2) is 4.94. The van der Waals surface area contributed by atoms with Crippen LogP contribution in [0.25, 0.3) is 0 Å². The van der Waals surface area contributed by atoms with Crippen molar-refractivity contribution in [3.8, 4) is 0 Å². The molecule has 0 heterocycles. The fourth-order valence-corrected chi connectivity index (χ4v) is 1.16. The lowest BCUT2D eigenvalue weighted by molar-refractivity contribution is -0.138. The average Bonchev–Trinajstić information content (AvgIpc) is 2.21. The number of aliphatic carboxylic acids is 1. The molecule has 0 aliphatic rings. The van der Waals surface area contributed by atoms with Crippen LogP contribution < -0.4 is 5.32 Å². The Balaban J connectivity index is 2.81. The molecule has 0 saturated carbocycles. The third kappa shape index (κ3) is 2.93. The van der Waals surface area contributed by atoms with Gasteiger partial charge in [-0.2, -0.15) is 0 Å². The number of rotatable bonds is 3. The molecular weight excluding hydrogens is 237 g/mol. The minimum absolute atomic E-state index is 0.111. The van der Waals surface area contributed by atoms with E-state index in [1.807, 2.05) is 0 Å². The van der Waals surface area contributed by atoms with Crippen molar-refractivity contribution in [3.05, 3.63) is 34.6 Å². The molecule has 0 aromatic heterocycles. The summed E-state index contributed by atoms with van der Waals surface area (Å²) >= 11 is 5.49. The molecule has 1 atom stereocenters. The third-order valence-corrected chi connectivity index (χ3v) is 2.19. The summed E-state index contributed by atoms with van der Waals surface area (Å²) in [5.74, 6) is -2.40. The largest absolute Gasteiger partial charge is 0.480 e. The summed E-state index contributed by atoms with van der Waals surface area (Å²) in [5.41, 5.74) is 0.111. The van der Waals surface area contributed by atoms with Gasteiger partial charge in [-0.3, -0.25) is 9.59 Å². The Bertz CT molecular complexity index is 436. The van der Waals surface area contributed by atoms with Crippen LogP contribution in [0.5, 0.6) is 0 Å². The Kier molecular flexibility index (Phi) is 3.84. The molecule has 0 aliphatic carbocycles. The van der Waals surface area contributed by atoms with E-state index < -0.39 is 23.7 Å². The molecule has 0 aliphatic heterocycles. The minimum Gasteiger partial charge on any atom is -0.480 e. The van der Waals surface area contributed by atoms with E-state index in [9.17, 15) is 14.0 Å². The molecule has 0 radical (unpaired) electrons. The van der Waals surface area contributed by atoms with Crippen LogP contribution in [0.1, 0.15) is 17.3 Å². The summed E-state index contributed by atoms with van der Waals surface area (Å²) in [6.07, 6.45) is 0. The van der Waals surface area contributed by atoms with Crippen molar-refractivity contribution in [2.24, 2.45) is 0 Å². The fraction of sp³-hybridized carbons (Fsp3) is 0.200. The first-order chi connectivity index (χ1) is 7.41. The van der Waals surface area contributed by atoms with Crippen LogP contribution in [-0.2, 0) is 4.79 Å². The summed E-state index contributed by atoms with van der Waals surface area (Å²) in [6.45, 7) is 1.32. The van der Waals surface area contributed by atoms with E-state index in [0.29, 0.717) is 0 Å². The van der Waals surface area contributed by atoms with E-state index in [0.717, 1.165) is 12.1 Å². The van der Waals surface area contributed by atoms with E-state index >= 15 is 0 Å². The predicted octanol–water partition coefficient (Wildman–Crippen LogP) is 1.68. The maximum atomic E-state index is 12.8. The van der Waals surface area contributed by atoms with Crippen LogP contribution in [0, 0.1) is 5.82 Å². The first-order valence-electron chi connectivity index (χ1n) is 4.40. The Morgan fingerprint density at radius 3 is 2.62 bits per heavy atom. The van der Waals surface area contributed by atoms with Crippen LogP contribution in [0.3, 0.4) is 0 Å². The number of carbonyl (C=O) groups excluding carboxylic acids is 1. The lowest BCUT2D eigenvalue weighted by Crippen LogP contribution is -2.38. The Morgan fingerprint density at radius 1 is 1.50 bits per heavy atom. The molecule has 86 valence electrons. The lowest BCUT2D eigenvalue weighted by Gasteiger charge is -2.09. The smallest absolute Gasteiger partial charge is 0.325 e. The van der Waals surface area contributed by atoms with Crippen molar-refractivity contribution in [1.82, 2.24) is 5.32 Å². The monoisotopic (exact) mass is 245 g/mol. The Labute approximate surface area is 96.0 Å². The molecule has 1 amide bonds. The highest BCUT2D eigenvalue weighted by Gasteiger charge is 2.15. The highest BCUT2D eigenvalue weighted by Crippen LogP contribution is 2.15. The summed E-state index contributed by atoms with van der Waals surface area (Å²) in [7, 11) is 0. The van der Waals surface area contributed by atoms with Crippen molar-refractivity contribution in [3.63, 3.8) is 0 Å². The zero-order chi connectivity index (χ0) is 12.3. The summed E-state index contributed by atoms with van der Waals surface area (Å²) in [4.78, 5) is 22.0. The van der Waals surface area contributed by atoms with E-state index in [2.05, 4.69) is 5.32 Å². The first-order valence-corrected chi connectivity index (χ1v) is 4.78. The summed E-state index contributed by atoms with van der Waals surface area (Å²) < 4.78 is 12.8. The molecule has 16 heavy (non-hydrogen) atoms. The number of hydrogen-bond acceptors (Lipinski definition) is 2. The maximum absolute atomic E-state index is 12.8. The van der Waals surface area contributed by atoms with Gasteiger partial charge in [-0.05, 0) is 25.1 Å². The lowest BCUT2D eigenvalue weighted by atomic mass is 10.2. The van der Waals surface area contributed by atoms with Crippen LogP contribution in [0.15, 0.2) is 18.2 Å². The highest BCUT2D eigenvalue weighted by molar-refractivity contribution is 6.31. The van der Waals surface area contributed by atoms with Crippen LogP contribution in [0.2, 0.25) is 5.02 Å². The molecule has 0 unspecified atom stereocenters. The second-order valence-corrected chi connectivity index (χ2v) is 3.57. The van der Waals surface area contributed by atoms with E-state index in [1.165, 1.54) is 13.0 Å². The van der Waals surface area contributed by atoms with Crippen molar-refractivity contribution in [1.29, 1.82) is 0 Å². The number of amides is 1. The number of benzene rings is 1. The molecule has 0 bridgehead atoms. The van der Waals surface area contributed by atoms with Gasteiger partial charge in [0.15, 0.2) is 0 Å². The van der Waals surface area contributed by atoms with Gasteiger partial charge in [-0.25, -0.2) is 4.39 Å². The standard InChI is InChI=1S/C10H9ClFNO3/c1-5(10(15)16)13-9(14)6-2-3-8(12)7(11)4-6/h2-5H,1H3,(H,13,14)(H,15,16)/t5-/m1/s1. The van der Waals surface area contributed by atoms with Gasteiger partial charge < -0.3 is 10.4 Å². The highest BCUT2D eigenvalue weighted by atomic mass is 35.5. The van der Waals surface area contributed by atoms with Gasteiger partial charge in [0.2, 0.25) is 0 Å². The van der Waals surface area contributed by atoms with Gasteiger partial charge in [0, 0.05) is 5.56 Å². The molecule has 1 aromatic rings. The fourth-order valence-electron chi connectivity index (χ4n) is 0.979. The van der Waals surface area contributed by atoms with Crippen LogP contribution in [-0.4, -0.2) is 23.0 Å². The van der Waals surface area contributed by atoms with E-state index in [1.54, 1.807) is 0 Å². The molecular formula is C10H9ClFNO3. The van der Waals surface area contributed by atoms with Crippen molar-refractivity contribution >= 4 is 23.5 Å². The van der Waals surface area contributed by atoms with E-state index in [-0.39, 0.29) is 10.6 Å². The summed E-state index contributed by atoms with van der Waals surface area (Å²) in [5, 5.41) is 10.6. The van der Waals surface area contributed by atoms with Crippen LogP contribution >= 0.6 is 11.6 Å². The number of carboxylic acids is 1. The SMILES string of the molecule is C[C@@H](NC(=O)c1ccc(F)c(Cl)c1)C(=O)O. The second-order valence-electron chi connectivity index (χ2n) is 3.16. The third-order valence-electron chi connectivity index (χ3n) is 1.90. The molecule has 0 spiro atoms. The molecule has 1 rings (SSSR count). The number of carboxylic acid groups (broad SMARTS) is 1. The van der Waals surface area contributed by atoms with Gasteiger partial charge in [-0.1, -0.05) is 11.6 Å². The topological polar surface area (TPSA) is 66.4 Å². The minimum atomic E-state index is -1.15. The predicted molar refractivity (Wildman–Crippen MR) is 56.0 cm³/mol. The van der Waals surface area contributed by atoms with Crippen LogP contribution in [0.4, 0.5) is 4.39 Å². The van der Waals surface area contributed by atoms with Gasteiger partial charge in [0.25, 0.3) is 5.91 Å².